The van der Waals surface area contributed by atoms with Crippen molar-refractivity contribution in [3.8, 4) is 17.0 Å². The molecule has 0 aliphatic rings. The van der Waals surface area contributed by atoms with Crippen LogP contribution in [0.5, 0.6) is 5.88 Å². The average molecular weight is 444 g/mol. The number of pyridine rings is 1. The van der Waals surface area contributed by atoms with Crippen LogP contribution in [0.1, 0.15) is 10.5 Å². The molecule has 0 fully saturated rings. The number of nitrogens with zero attached hydrogens (tertiary/aromatic N) is 3. The minimum atomic E-state index is -3.53. The summed E-state index contributed by atoms with van der Waals surface area (Å²) in [6, 6.07) is 5.20. The molecule has 0 spiro atoms. The molecule has 30 heavy (non-hydrogen) atoms. The number of H-pyrrole nitrogens is 1. The average Bonchev–Trinajstić information content (AvgIpc) is 3.38. The van der Waals surface area contributed by atoms with Crippen molar-refractivity contribution in [2.45, 2.75) is 0 Å². The van der Waals surface area contributed by atoms with Crippen molar-refractivity contribution < 1.29 is 17.9 Å². The Kier molecular flexibility index (Phi) is 5.10. The van der Waals surface area contributed by atoms with Crippen LogP contribution < -0.4 is 14.8 Å². The maximum atomic E-state index is 12.5. The van der Waals surface area contributed by atoms with Crippen molar-refractivity contribution in [1.82, 2.24) is 20.2 Å². The SMILES string of the molecule is COc1ncc(-c2cc(NC(=O)c3cscn3)c3cn[nH]c3c2)cc1NS(C)(=O)=O. The van der Waals surface area contributed by atoms with Gasteiger partial charge in [0.05, 0.1) is 36.3 Å². The van der Waals surface area contributed by atoms with Gasteiger partial charge < -0.3 is 10.1 Å². The fourth-order valence-corrected chi connectivity index (χ4v) is 3.96. The van der Waals surface area contributed by atoms with E-state index in [9.17, 15) is 13.2 Å². The van der Waals surface area contributed by atoms with Crippen molar-refractivity contribution in [3.05, 3.63) is 47.2 Å². The molecule has 0 radical (unpaired) electrons. The van der Waals surface area contributed by atoms with Crippen LogP contribution in [0.15, 0.2) is 41.5 Å². The van der Waals surface area contributed by atoms with Crippen molar-refractivity contribution in [2.24, 2.45) is 0 Å². The molecule has 0 unspecified atom stereocenters. The van der Waals surface area contributed by atoms with E-state index in [1.807, 2.05) is 6.07 Å². The van der Waals surface area contributed by atoms with Crippen molar-refractivity contribution in [3.63, 3.8) is 0 Å². The predicted molar refractivity (Wildman–Crippen MR) is 114 cm³/mol. The number of anilines is 2. The number of fused-ring (bicyclic) bond motifs is 1. The molecule has 12 heteroatoms. The largest absolute Gasteiger partial charge is 0.480 e. The molecule has 10 nitrogen and oxygen atoms in total. The zero-order valence-electron chi connectivity index (χ0n) is 15.8. The number of ether oxygens (including phenoxy) is 1. The fraction of sp³-hybridized carbons (Fsp3) is 0.111. The molecule has 1 amide bonds. The zero-order chi connectivity index (χ0) is 21.3. The van der Waals surface area contributed by atoms with Gasteiger partial charge in [0.15, 0.2) is 0 Å². The fourth-order valence-electron chi connectivity index (χ4n) is 2.88. The number of amides is 1. The van der Waals surface area contributed by atoms with Crippen molar-refractivity contribution in [1.29, 1.82) is 0 Å². The Hall–Kier alpha value is -3.51. The normalized spacial score (nSPS) is 11.4. The molecular formula is C18H16N6O4S2. The first-order valence-corrected chi connectivity index (χ1v) is 11.4. The van der Waals surface area contributed by atoms with Gasteiger partial charge in [0.25, 0.3) is 5.91 Å². The number of rotatable bonds is 6. The highest BCUT2D eigenvalue weighted by molar-refractivity contribution is 7.92. The van der Waals surface area contributed by atoms with Gasteiger partial charge in [-0.15, -0.1) is 11.3 Å². The topological polar surface area (TPSA) is 139 Å². The van der Waals surface area contributed by atoms with Gasteiger partial charge in [-0.2, -0.15) is 5.10 Å². The third-order valence-corrected chi connectivity index (χ3v) is 5.32. The number of aromatic nitrogens is 4. The van der Waals surface area contributed by atoms with Crippen LogP contribution in [0, 0.1) is 0 Å². The summed E-state index contributed by atoms with van der Waals surface area (Å²) in [5.41, 5.74) is 4.62. The molecule has 4 rings (SSSR count). The molecule has 0 aliphatic heterocycles. The van der Waals surface area contributed by atoms with Gasteiger partial charge in [0.1, 0.15) is 11.4 Å². The van der Waals surface area contributed by atoms with Gasteiger partial charge in [-0.25, -0.2) is 18.4 Å². The third kappa shape index (κ3) is 4.09. The van der Waals surface area contributed by atoms with Crippen LogP contribution in [0.3, 0.4) is 0 Å². The number of thiazole rings is 1. The highest BCUT2D eigenvalue weighted by atomic mass is 32.2. The van der Waals surface area contributed by atoms with E-state index >= 15 is 0 Å². The molecule has 0 saturated heterocycles. The van der Waals surface area contributed by atoms with Crippen LogP contribution >= 0.6 is 11.3 Å². The minimum absolute atomic E-state index is 0.142. The molecule has 0 saturated carbocycles. The summed E-state index contributed by atoms with van der Waals surface area (Å²) in [5.74, 6) is -0.202. The minimum Gasteiger partial charge on any atom is -0.480 e. The summed E-state index contributed by atoms with van der Waals surface area (Å²) < 4.78 is 30.9. The number of sulfonamides is 1. The number of carbonyl (C=O) groups excluding carboxylic acids is 1. The standard InChI is InChI=1S/C18H16N6O4S2/c1-28-18-15(24-30(2,26)27)5-11(6-19-18)10-3-13(12-7-21-23-14(12)4-10)22-17(25)16-8-29-9-20-16/h3-9,24H,1-2H3,(H,21,23)(H,22,25). The predicted octanol–water partition coefficient (Wildman–Crippen LogP) is 2.71. The van der Waals surface area contributed by atoms with E-state index in [4.69, 9.17) is 4.74 Å². The second kappa shape index (κ2) is 7.72. The molecular weight excluding hydrogens is 428 g/mol. The molecule has 4 aromatic rings. The molecule has 154 valence electrons. The maximum absolute atomic E-state index is 12.5. The van der Waals surface area contributed by atoms with E-state index < -0.39 is 10.0 Å². The number of aromatic amines is 1. The van der Waals surface area contributed by atoms with Crippen LogP contribution in [-0.2, 0) is 10.0 Å². The molecule has 0 aliphatic carbocycles. The molecule has 3 aromatic heterocycles. The number of benzene rings is 1. The van der Waals surface area contributed by atoms with Gasteiger partial charge in [-0.05, 0) is 23.8 Å². The summed E-state index contributed by atoms with van der Waals surface area (Å²) in [4.78, 5) is 20.7. The van der Waals surface area contributed by atoms with Crippen molar-refractivity contribution in [2.75, 3.05) is 23.4 Å². The van der Waals surface area contributed by atoms with E-state index in [-0.39, 0.29) is 17.5 Å². The summed E-state index contributed by atoms with van der Waals surface area (Å²) in [7, 11) is -2.13. The van der Waals surface area contributed by atoms with Crippen LogP contribution in [0.2, 0.25) is 0 Å². The van der Waals surface area contributed by atoms with Crippen LogP contribution in [-0.4, -0.2) is 47.9 Å². The summed E-state index contributed by atoms with van der Waals surface area (Å²) in [6.07, 6.45) is 4.20. The Morgan fingerprint density at radius 1 is 1.13 bits per heavy atom. The van der Waals surface area contributed by atoms with E-state index in [0.717, 1.165) is 11.6 Å². The van der Waals surface area contributed by atoms with Gasteiger partial charge in [-0.3, -0.25) is 14.6 Å². The Morgan fingerprint density at radius 3 is 2.63 bits per heavy atom. The Labute approximate surface area is 175 Å². The number of nitrogens with one attached hydrogen (secondary N) is 3. The number of hydrogen-bond donors (Lipinski definition) is 3. The van der Waals surface area contributed by atoms with Crippen molar-refractivity contribution >= 4 is 49.5 Å². The first-order valence-electron chi connectivity index (χ1n) is 8.53. The quantitative estimate of drug-likeness (QED) is 0.415. The Morgan fingerprint density at radius 2 is 1.93 bits per heavy atom. The molecule has 3 N–H and O–H groups in total. The number of hydrogen-bond acceptors (Lipinski definition) is 8. The summed E-state index contributed by atoms with van der Waals surface area (Å²) in [6.45, 7) is 0. The second-order valence-corrected chi connectivity index (χ2v) is 8.81. The highest BCUT2D eigenvalue weighted by Crippen LogP contribution is 2.33. The third-order valence-electron chi connectivity index (χ3n) is 4.15. The molecule has 3 heterocycles. The van der Waals surface area contributed by atoms with Crippen LogP contribution in [0.4, 0.5) is 11.4 Å². The van der Waals surface area contributed by atoms with Gasteiger partial charge in [0.2, 0.25) is 15.9 Å². The van der Waals surface area contributed by atoms with E-state index in [0.29, 0.717) is 28.0 Å². The Bertz CT molecular complexity index is 1330. The summed E-state index contributed by atoms with van der Waals surface area (Å²) >= 11 is 1.33. The second-order valence-electron chi connectivity index (χ2n) is 6.34. The maximum Gasteiger partial charge on any atom is 0.275 e. The van der Waals surface area contributed by atoms with Crippen LogP contribution in [0.25, 0.3) is 22.0 Å². The lowest BCUT2D eigenvalue weighted by atomic mass is 10.0. The zero-order valence-corrected chi connectivity index (χ0v) is 17.5. The highest BCUT2D eigenvalue weighted by Gasteiger charge is 2.15. The molecule has 0 atom stereocenters. The Balaban J connectivity index is 1.78. The smallest absolute Gasteiger partial charge is 0.275 e. The first kappa shape index (κ1) is 19.8. The number of carbonyl (C=O) groups is 1. The van der Waals surface area contributed by atoms with Gasteiger partial charge in [-0.1, -0.05) is 0 Å². The molecule has 1 aromatic carbocycles. The van der Waals surface area contributed by atoms with E-state index in [1.165, 1.54) is 18.4 Å². The lowest BCUT2D eigenvalue weighted by molar-refractivity contribution is 0.102. The van der Waals surface area contributed by atoms with E-state index in [2.05, 4.69) is 30.2 Å². The van der Waals surface area contributed by atoms with Gasteiger partial charge >= 0.3 is 0 Å². The monoisotopic (exact) mass is 444 g/mol. The number of methoxy groups -OCH3 is 1. The van der Waals surface area contributed by atoms with E-state index in [1.54, 1.807) is 35.4 Å². The lowest BCUT2D eigenvalue weighted by Gasteiger charge is -2.12. The lowest BCUT2D eigenvalue weighted by Crippen LogP contribution is -2.12. The first-order chi connectivity index (χ1) is 14.3. The van der Waals surface area contributed by atoms with Gasteiger partial charge in [0, 0.05) is 22.5 Å². The molecule has 0 bridgehead atoms. The summed E-state index contributed by atoms with van der Waals surface area (Å²) in [5, 5.41) is 12.1.